The van der Waals surface area contributed by atoms with Crippen LogP contribution in [0.3, 0.4) is 0 Å². The van der Waals surface area contributed by atoms with Crippen molar-refractivity contribution in [2.24, 2.45) is 10.7 Å². The molecule has 0 bridgehead atoms. The third kappa shape index (κ3) is 4.66. The minimum Gasteiger partial charge on any atom is -0.456 e. The van der Waals surface area contributed by atoms with Crippen LogP contribution in [0, 0.1) is 0 Å². The van der Waals surface area contributed by atoms with E-state index in [1.165, 1.54) is 13.8 Å². The summed E-state index contributed by atoms with van der Waals surface area (Å²) in [4.78, 5) is 25.7. The molecule has 3 unspecified atom stereocenters. The van der Waals surface area contributed by atoms with Crippen molar-refractivity contribution in [3.63, 3.8) is 0 Å². The van der Waals surface area contributed by atoms with Crippen LogP contribution in [0.25, 0.3) is 0 Å². The van der Waals surface area contributed by atoms with E-state index in [1.807, 2.05) is 0 Å². The number of esters is 2. The maximum absolute atomic E-state index is 12.8. The lowest BCUT2D eigenvalue weighted by molar-refractivity contribution is -0.162. The Kier molecular flexibility index (Phi) is 5.43. The van der Waals surface area contributed by atoms with Gasteiger partial charge in [0.15, 0.2) is 24.3 Å². The predicted molar refractivity (Wildman–Crippen MR) is 62.7 cm³/mol. The number of carbonyl (C=O) groups is 2. The lowest BCUT2D eigenvalue weighted by Gasteiger charge is -2.19. The van der Waals surface area contributed by atoms with E-state index in [1.54, 1.807) is 0 Å². The van der Waals surface area contributed by atoms with Gasteiger partial charge in [0.1, 0.15) is 0 Å². The number of halogens is 1. The molecule has 19 heavy (non-hydrogen) atoms. The third-order valence-electron chi connectivity index (χ3n) is 2.20. The van der Waals surface area contributed by atoms with E-state index in [9.17, 15) is 14.0 Å². The van der Waals surface area contributed by atoms with Crippen LogP contribution >= 0.6 is 0 Å². The summed E-state index contributed by atoms with van der Waals surface area (Å²) in [6, 6.07) is 0. The summed E-state index contributed by atoms with van der Waals surface area (Å²) >= 11 is 0. The van der Waals surface area contributed by atoms with Crippen LogP contribution in [0.15, 0.2) is 17.0 Å². The van der Waals surface area contributed by atoms with E-state index < -0.39 is 36.2 Å². The number of allylic oxidation sites excluding steroid dienone is 1. The van der Waals surface area contributed by atoms with E-state index >= 15 is 0 Å². The largest absolute Gasteiger partial charge is 0.456 e. The lowest BCUT2D eigenvalue weighted by Crippen LogP contribution is -2.36. The number of nitrogens with zero attached hydrogens (tertiary/aromatic N) is 1. The molecule has 1 aliphatic rings. The fourth-order valence-corrected chi connectivity index (χ4v) is 1.52. The van der Waals surface area contributed by atoms with Crippen molar-refractivity contribution >= 4 is 18.2 Å². The zero-order valence-electron chi connectivity index (χ0n) is 10.5. The Morgan fingerprint density at radius 1 is 1.37 bits per heavy atom. The van der Waals surface area contributed by atoms with E-state index in [-0.39, 0.29) is 6.61 Å². The monoisotopic (exact) mass is 274 g/mol. The van der Waals surface area contributed by atoms with Gasteiger partial charge in [0, 0.05) is 20.0 Å². The van der Waals surface area contributed by atoms with Crippen molar-refractivity contribution in [3.8, 4) is 0 Å². The molecule has 1 rings (SSSR count). The van der Waals surface area contributed by atoms with Gasteiger partial charge in [-0.2, -0.15) is 0 Å². The van der Waals surface area contributed by atoms with Crippen molar-refractivity contribution in [1.82, 2.24) is 0 Å². The highest BCUT2D eigenvalue weighted by Gasteiger charge is 2.41. The molecule has 0 saturated carbocycles. The summed E-state index contributed by atoms with van der Waals surface area (Å²) in [6.45, 7) is 2.43. The molecule has 0 aromatic carbocycles. The van der Waals surface area contributed by atoms with E-state index in [0.29, 0.717) is 0 Å². The van der Waals surface area contributed by atoms with Crippen molar-refractivity contribution in [2.75, 3.05) is 6.61 Å². The number of carbonyl (C=O) groups excluding carboxylic acids is 2. The molecule has 7 nitrogen and oxygen atoms in total. The molecule has 2 N–H and O–H groups in total. The summed E-state index contributed by atoms with van der Waals surface area (Å²) < 4.78 is 27.9. The number of ether oxygens (including phenoxy) is 3. The van der Waals surface area contributed by atoms with Crippen molar-refractivity contribution in [2.45, 2.75) is 32.3 Å². The first-order chi connectivity index (χ1) is 8.93. The van der Waals surface area contributed by atoms with Gasteiger partial charge < -0.3 is 19.9 Å². The molecule has 1 aliphatic heterocycles. The average Bonchev–Trinajstić information content (AvgIpc) is 2.67. The second kappa shape index (κ2) is 6.83. The van der Waals surface area contributed by atoms with Crippen molar-refractivity contribution in [3.05, 3.63) is 12.0 Å². The quantitative estimate of drug-likeness (QED) is 0.574. The van der Waals surface area contributed by atoms with Crippen LogP contribution in [-0.4, -0.2) is 43.2 Å². The predicted octanol–water partition coefficient (Wildman–Crippen LogP) is 0.0465. The minimum absolute atomic E-state index is 0.00743. The van der Waals surface area contributed by atoms with Gasteiger partial charge in [0.05, 0.1) is 12.8 Å². The van der Waals surface area contributed by atoms with E-state index in [0.717, 1.165) is 12.4 Å². The van der Waals surface area contributed by atoms with Gasteiger partial charge >= 0.3 is 11.9 Å². The van der Waals surface area contributed by atoms with E-state index in [2.05, 4.69) is 4.99 Å². The fraction of sp³-hybridized carbons (Fsp3) is 0.545. The Hall–Kier alpha value is -1.96. The van der Waals surface area contributed by atoms with Crippen molar-refractivity contribution in [1.29, 1.82) is 0 Å². The molecular weight excluding hydrogens is 259 g/mol. The van der Waals surface area contributed by atoms with Crippen LogP contribution in [-0.2, 0) is 23.8 Å². The first-order valence-corrected chi connectivity index (χ1v) is 5.50. The minimum atomic E-state index is -0.945. The number of hydrogen-bond donors (Lipinski definition) is 1. The maximum Gasteiger partial charge on any atom is 0.303 e. The Labute approximate surface area is 109 Å². The van der Waals surface area contributed by atoms with Gasteiger partial charge in [-0.3, -0.25) is 14.6 Å². The highest BCUT2D eigenvalue weighted by molar-refractivity contribution is 5.75. The van der Waals surface area contributed by atoms with Crippen LogP contribution in [0.1, 0.15) is 13.8 Å². The summed E-state index contributed by atoms with van der Waals surface area (Å²) in [5, 5.41) is 0. The molecule has 0 radical (unpaired) electrons. The first-order valence-electron chi connectivity index (χ1n) is 5.50. The molecule has 1 heterocycles. The topological polar surface area (TPSA) is 100 Å². The molecule has 0 aliphatic carbocycles. The fourth-order valence-electron chi connectivity index (χ4n) is 1.52. The Balaban J connectivity index is 2.77. The third-order valence-corrected chi connectivity index (χ3v) is 2.20. The number of hydrogen-bond acceptors (Lipinski definition) is 7. The van der Waals surface area contributed by atoms with Gasteiger partial charge in [-0.1, -0.05) is 0 Å². The summed E-state index contributed by atoms with van der Waals surface area (Å²) in [5.41, 5.74) is 4.94. The van der Waals surface area contributed by atoms with Crippen LogP contribution in [0.4, 0.5) is 4.39 Å². The first kappa shape index (κ1) is 15.1. The molecule has 0 amide bonds. The van der Waals surface area contributed by atoms with Gasteiger partial charge in [-0.05, 0) is 0 Å². The SMILES string of the molecule is CC(=O)OC1COC(N=CC(F)=CN)C1OC(C)=O. The molecule has 1 saturated heterocycles. The molecular formula is C11H15FN2O5. The highest BCUT2D eigenvalue weighted by Crippen LogP contribution is 2.22. The van der Waals surface area contributed by atoms with Crippen LogP contribution in [0.5, 0.6) is 0 Å². The highest BCUT2D eigenvalue weighted by atomic mass is 19.1. The van der Waals surface area contributed by atoms with Crippen LogP contribution in [0.2, 0.25) is 0 Å². The Bertz CT molecular complexity index is 410. The number of rotatable bonds is 4. The molecule has 0 aromatic heterocycles. The summed E-state index contributed by atoms with van der Waals surface area (Å²) in [5.74, 6) is -1.88. The molecule has 106 valence electrons. The van der Waals surface area contributed by atoms with Gasteiger partial charge in [-0.25, -0.2) is 4.39 Å². The smallest absolute Gasteiger partial charge is 0.303 e. The maximum atomic E-state index is 12.8. The normalized spacial score (nSPS) is 27.5. The average molecular weight is 274 g/mol. The molecule has 0 aromatic rings. The van der Waals surface area contributed by atoms with Gasteiger partial charge in [0.25, 0.3) is 0 Å². The zero-order valence-corrected chi connectivity index (χ0v) is 10.5. The molecule has 0 spiro atoms. The van der Waals surface area contributed by atoms with Gasteiger partial charge in [0.2, 0.25) is 0 Å². The second-order valence-corrected chi connectivity index (χ2v) is 3.78. The molecule has 8 heteroatoms. The molecule has 3 atom stereocenters. The summed E-state index contributed by atoms with van der Waals surface area (Å²) in [6.07, 6.45) is -1.06. The summed E-state index contributed by atoms with van der Waals surface area (Å²) in [7, 11) is 0. The van der Waals surface area contributed by atoms with E-state index in [4.69, 9.17) is 19.9 Å². The number of aliphatic imine (C=N–C) groups is 1. The zero-order chi connectivity index (χ0) is 14.4. The second-order valence-electron chi connectivity index (χ2n) is 3.78. The van der Waals surface area contributed by atoms with Gasteiger partial charge in [-0.15, -0.1) is 0 Å². The van der Waals surface area contributed by atoms with Crippen molar-refractivity contribution < 1.29 is 28.2 Å². The Morgan fingerprint density at radius 2 is 2.00 bits per heavy atom. The standard InChI is InChI=1S/C11H15FN2O5/c1-6(15)18-9-5-17-11(10(9)19-7(2)16)14-4-8(12)3-13/h3-4,9-11H,5,13H2,1-2H3. The lowest BCUT2D eigenvalue weighted by atomic mass is 10.2. The van der Waals surface area contributed by atoms with Crippen LogP contribution < -0.4 is 5.73 Å². The Morgan fingerprint density at radius 3 is 2.53 bits per heavy atom. The number of nitrogens with two attached hydrogens (primary N) is 1. The molecule has 1 fully saturated rings.